The van der Waals surface area contributed by atoms with Crippen LogP contribution < -0.4 is 2.89 Å². The third-order valence-electron chi connectivity index (χ3n) is 10.1. The summed E-state index contributed by atoms with van der Waals surface area (Å²) < 4.78 is 6.73. The summed E-state index contributed by atoms with van der Waals surface area (Å²) in [7, 11) is 0. The molecule has 0 saturated carbocycles. The van der Waals surface area contributed by atoms with Crippen LogP contribution in [-0.2, 0) is 5.41 Å². The van der Waals surface area contributed by atoms with Crippen LogP contribution in [0.15, 0.2) is 12.1 Å². The SMILES string of the molecule is CCC[CH2][Sn]([CH2]CCC)([CH2]CCC)[c]1cc2c(s1)-c1sc(C)cc1C2(CCC(C)C)CCC(C)CCCC(C)C. The van der Waals surface area contributed by atoms with Gasteiger partial charge in [0.25, 0.3) is 0 Å². The van der Waals surface area contributed by atoms with Crippen molar-refractivity contribution in [3.63, 3.8) is 0 Å². The zero-order valence-corrected chi connectivity index (χ0v) is 32.5. The summed E-state index contributed by atoms with van der Waals surface area (Å²) in [5.41, 5.74) is 3.79. The maximum absolute atomic E-state index is 2.91. The van der Waals surface area contributed by atoms with Crippen molar-refractivity contribution >= 4 is 43.9 Å². The van der Waals surface area contributed by atoms with E-state index in [1.807, 2.05) is 2.89 Å². The minimum atomic E-state index is -2.46. The van der Waals surface area contributed by atoms with Gasteiger partial charge in [-0.1, -0.05) is 0 Å². The van der Waals surface area contributed by atoms with Crippen LogP contribution in [0, 0.1) is 24.7 Å². The molecule has 2 aromatic rings. The second-order valence-corrected chi connectivity index (χ2v) is 31.0. The van der Waals surface area contributed by atoms with E-state index in [9.17, 15) is 0 Å². The van der Waals surface area contributed by atoms with Gasteiger partial charge < -0.3 is 0 Å². The molecule has 0 aromatic carbocycles. The Labute approximate surface area is 262 Å². The molecule has 228 valence electrons. The number of rotatable bonds is 20. The molecule has 0 spiro atoms. The van der Waals surface area contributed by atoms with Gasteiger partial charge in [0.15, 0.2) is 0 Å². The molecule has 0 N–H and O–H groups in total. The van der Waals surface area contributed by atoms with Crippen molar-refractivity contribution in [2.24, 2.45) is 17.8 Å². The van der Waals surface area contributed by atoms with Gasteiger partial charge in [0.2, 0.25) is 0 Å². The van der Waals surface area contributed by atoms with Crippen LogP contribution in [0.5, 0.6) is 0 Å². The van der Waals surface area contributed by atoms with E-state index in [-0.39, 0.29) is 5.41 Å². The van der Waals surface area contributed by atoms with Crippen molar-refractivity contribution < 1.29 is 0 Å². The Morgan fingerprint density at radius 3 is 1.73 bits per heavy atom. The summed E-state index contributed by atoms with van der Waals surface area (Å²) in [5, 5.41) is 0. The second kappa shape index (κ2) is 16.3. The molecule has 0 amide bonds. The number of unbranched alkanes of at least 4 members (excludes halogenated alkanes) is 3. The number of thiophene rings is 2. The second-order valence-electron chi connectivity index (χ2n) is 14.5. The van der Waals surface area contributed by atoms with E-state index in [4.69, 9.17) is 0 Å². The fraction of sp³-hybridized carbons (Fsp3) is 0.784. The maximum atomic E-state index is 2.91. The number of aryl methyl sites for hydroxylation is 1. The molecule has 3 rings (SSSR count). The van der Waals surface area contributed by atoms with Crippen LogP contribution in [-0.4, -0.2) is 18.4 Å². The number of hydrogen-bond acceptors (Lipinski definition) is 2. The van der Waals surface area contributed by atoms with Gasteiger partial charge in [0.05, 0.1) is 0 Å². The van der Waals surface area contributed by atoms with E-state index in [2.05, 4.69) is 97.1 Å². The fourth-order valence-corrected chi connectivity index (χ4v) is 29.0. The molecule has 2 unspecified atom stereocenters. The van der Waals surface area contributed by atoms with Crippen LogP contribution in [0.25, 0.3) is 9.75 Å². The zero-order chi connectivity index (χ0) is 29.3. The van der Waals surface area contributed by atoms with Crippen molar-refractivity contribution in [1.29, 1.82) is 0 Å². The first-order valence-corrected chi connectivity index (χ1v) is 26.5. The number of fused-ring (bicyclic) bond motifs is 3. The molecule has 0 saturated heterocycles. The van der Waals surface area contributed by atoms with Gasteiger partial charge in [0, 0.05) is 0 Å². The molecule has 2 aromatic heterocycles. The predicted octanol–water partition coefficient (Wildman–Crippen LogP) is 13.1. The predicted molar refractivity (Wildman–Crippen MR) is 189 cm³/mol. The fourth-order valence-electron chi connectivity index (χ4n) is 7.36. The summed E-state index contributed by atoms with van der Waals surface area (Å²) in [6.07, 6.45) is 18.1. The van der Waals surface area contributed by atoms with E-state index in [1.165, 1.54) is 88.3 Å². The van der Waals surface area contributed by atoms with Gasteiger partial charge in [-0.2, -0.15) is 0 Å². The van der Waals surface area contributed by atoms with Crippen molar-refractivity contribution in [3.05, 3.63) is 28.1 Å². The van der Waals surface area contributed by atoms with Gasteiger partial charge >= 0.3 is 264 Å². The molecular formula is C37H64S2Sn. The van der Waals surface area contributed by atoms with Crippen LogP contribution in [0.3, 0.4) is 0 Å². The van der Waals surface area contributed by atoms with E-state index in [0.29, 0.717) is 0 Å². The Morgan fingerprint density at radius 1 is 0.650 bits per heavy atom. The Morgan fingerprint density at radius 2 is 1.18 bits per heavy atom. The van der Waals surface area contributed by atoms with E-state index in [0.717, 1.165) is 17.8 Å². The molecule has 0 aliphatic heterocycles. The third-order valence-corrected chi connectivity index (χ3v) is 30.6. The van der Waals surface area contributed by atoms with Crippen molar-refractivity contribution in [2.75, 3.05) is 0 Å². The summed E-state index contributed by atoms with van der Waals surface area (Å²) in [5.74, 6) is 2.43. The van der Waals surface area contributed by atoms with Gasteiger partial charge in [-0.05, 0) is 0 Å². The first kappa shape index (κ1) is 34.7. The molecule has 2 atom stereocenters. The average molecular weight is 692 g/mol. The summed E-state index contributed by atoms with van der Waals surface area (Å²) in [6.45, 7) is 21.8. The van der Waals surface area contributed by atoms with Crippen molar-refractivity contribution in [2.45, 2.75) is 165 Å². The normalized spacial score (nSPS) is 17.7. The van der Waals surface area contributed by atoms with Crippen molar-refractivity contribution in [3.8, 4) is 9.75 Å². The summed E-state index contributed by atoms with van der Waals surface area (Å²) >= 11 is 1.98. The first-order chi connectivity index (χ1) is 19.1. The third kappa shape index (κ3) is 8.43. The molecule has 0 bridgehead atoms. The van der Waals surface area contributed by atoms with Crippen LogP contribution in [0.1, 0.15) is 155 Å². The molecule has 0 radical (unpaired) electrons. The number of hydrogen-bond donors (Lipinski definition) is 0. The summed E-state index contributed by atoms with van der Waals surface area (Å²) in [6, 6.07) is 5.53. The topological polar surface area (TPSA) is 0 Å². The zero-order valence-electron chi connectivity index (χ0n) is 28.0. The Kier molecular flexibility index (Phi) is 14.2. The molecular weight excluding hydrogens is 627 g/mol. The molecule has 3 heteroatoms. The minimum absolute atomic E-state index is 0.263. The van der Waals surface area contributed by atoms with E-state index in [1.54, 1.807) is 34.2 Å². The monoisotopic (exact) mass is 692 g/mol. The molecule has 1 aliphatic carbocycles. The van der Waals surface area contributed by atoms with Gasteiger partial charge in [0.1, 0.15) is 0 Å². The van der Waals surface area contributed by atoms with Crippen LogP contribution >= 0.6 is 22.7 Å². The van der Waals surface area contributed by atoms with Gasteiger partial charge in [-0.3, -0.25) is 0 Å². The Hall–Kier alpha value is 0.199. The molecule has 0 nitrogen and oxygen atoms in total. The average Bonchev–Trinajstić information content (AvgIpc) is 3.58. The van der Waals surface area contributed by atoms with E-state index >= 15 is 0 Å². The molecule has 2 heterocycles. The summed E-state index contributed by atoms with van der Waals surface area (Å²) in [4.78, 5) is 4.94. The quantitative estimate of drug-likeness (QED) is 0.121. The Bertz CT molecular complexity index is 990. The van der Waals surface area contributed by atoms with E-state index < -0.39 is 18.4 Å². The standard InChI is InChI=1S/C25H37S2.3C4H9.Sn/c1-17(2)8-7-9-19(5)11-14-25(13-10-18(3)4)21-12-15-26-23(21)24-22(25)16-20(6)27-24;3*1-3-4-2;/h12,16-19H,7-11,13-14H2,1-6H3;3*1,3-4H2,2H3;. The van der Waals surface area contributed by atoms with Crippen molar-refractivity contribution in [1.82, 2.24) is 0 Å². The first-order valence-electron chi connectivity index (χ1n) is 17.4. The molecule has 40 heavy (non-hydrogen) atoms. The van der Waals surface area contributed by atoms with Crippen LogP contribution in [0.4, 0.5) is 0 Å². The molecule has 1 aliphatic rings. The molecule has 0 fully saturated rings. The van der Waals surface area contributed by atoms with Gasteiger partial charge in [-0.15, -0.1) is 0 Å². The van der Waals surface area contributed by atoms with Crippen LogP contribution in [0.2, 0.25) is 13.3 Å². The van der Waals surface area contributed by atoms with Gasteiger partial charge in [-0.25, -0.2) is 0 Å². The Balaban J connectivity index is 2.07.